The number of imide groups is 1. The summed E-state index contributed by atoms with van der Waals surface area (Å²) in [6.07, 6.45) is 0. The number of benzene rings is 1. The molecule has 0 aromatic heterocycles. The van der Waals surface area contributed by atoms with E-state index in [4.69, 9.17) is 6.57 Å². The zero-order valence-corrected chi connectivity index (χ0v) is 7.85. The SMILES string of the molecule is [C-]#[N+]c1ccc2c(c1)C(=O)N(OC)C2=O. The predicted molar refractivity (Wildman–Crippen MR) is 50.2 cm³/mol. The van der Waals surface area contributed by atoms with Gasteiger partial charge in [0.25, 0.3) is 11.8 Å². The van der Waals surface area contributed by atoms with Gasteiger partial charge >= 0.3 is 0 Å². The Bertz CT molecular complexity index is 502. The number of hydroxylamine groups is 2. The highest BCUT2D eigenvalue weighted by Gasteiger charge is 2.36. The topological polar surface area (TPSA) is 51.0 Å². The maximum Gasteiger partial charge on any atom is 0.285 e. The molecule has 0 radical (unpaired) electrons. The van der Waals surface area contributed by atoms with Crippen LogP contribution in [0.4, 0.5) is 5.69 Å². The molecule has 0 N–H and O–H groups in total. The molecule has 2 amide bonds. The molecule has 1 aromatic rings. The molecule has 0 saturated heterocycles. The standard InChI is InChI=1S/C10H6N2O3/c1-11-6-3-4-7-8(5-6)10(14)12(15-2)9(7)13/h3-5H,2H3. The van der Waals surface area contributed by atoms with Gasteiger partial charge in [-0.05, 0) is 6.07 Å². The van der Waals surface area contributed by atoms with Crippen LogP contribution in [0.15, 0.2) is 18.2 Å². The van der Waals surface area contributed by atoms with Gasteiger partial charge in [-0.3, -0.25) is 14.4 Å². The van der Waals surface area contributed by atoms with Crippen molar-refractivity contribution in [1.82, 2.24) is 5.06 Å². The molecule has 74 valence electrons. The summed E-state index contributed by atoms with van der Waals surface area (Å²) >= 11 is 0. The van der Waals surface area contributed by atoms with Crippen molar-refractivity contribution in [2.24, 2.45) is 0 Å². The molecule has 0 aliphatic carbocycles. The van der Waals surface area contributed by atoms with E-state index in [-0.39, 0.29) is 11.1 Å². The monoisotopic (exact) mass is 202 g/mol. The first-order valence-electron chi connectivity index (χ1n) is 4.13. The quantitative estimate of drug-likeness (QED) is 0.510. The Morgan fingerprint density at radius 1 is 1.27 bits per heavy atom. The van der Waals surface area contributed by atoms with Crippen LogP contribution < -0.4 is 0 Å². The molecule has 0 saturated carbocycles. The van der Waals surface area contributed by atoms with E-state index in [0.29, 0.717) is 10.8 Å². The molecule has 0 unspecified atom stereocenters. The van der Waals surface area contributed by atoms with Gasteiger partial charge in [0.05, 0.1) is 19.2 Å². The molecule has 0 fully saturated rings. The highest BCUT2D eigenvalue weighted by atomic mass is 16.7. The van der Waals surface area contributed by atoms with Crippen molar-refractivity contribution >= 4 is 17.5 Å². The number of hydrogen-bond donors (Lipinski definition) is 0. The van der Waals surface area contributed by atoms with Crippen LogP contribution in [0.25, 0.3) is 4.85 Å². The number of rotatable bonds is 1. The van der Waals surface area contributed by atoms with Crippen molar-refractivity contribution in [3.05, 3.63) is 40.7 Å². The average molecular weight is 202 g/mol. The molecule has 5 nitrogen and oxygen atoms in total. The Morgan fingerprint density at radius 3 is 2.53 bits per heavy atom. The summed E-state index contributed by atoms with van der Waals surface area (Å²) in [7, 11) is 1.25. The van der Waals surface area contributed by atoms with Crippen molar-refractivity contribution in [2.45, 2.75) is 0 Å². The third-order valence-electron chi connectivity index (χ3n) is 2.14. The van der Waals surface area contributed by atoms with Gasteiger partial charge in [-0.2, -0.15) is 0 Å². The first kappa shape index (κ1) is 9.37. The van der Waals surface area contributed by atoms with Gasteiger partial charge in [-0.1, -0.05) is 12.1 Å². The van der Waals surface area contributed by atoms with E-state index in [1.807, 2.05) is 0 Å². The molecule has 1 aliphatic rings. The summed E-state index contributed by atoms with van der Waals surface area (Å²) in [6, 6.07) is 4.35. The van der Waals surface area contributed by atoms with Crippen molar-refractivity contribution < 1.29 is 14.4 Å². The van der Waals surface area contributed by atoms with Crippen LogP contribution in [0, 0.1) is 6.57 Å². The summed E-state index contributed by atoms with van der Waals surface area (Å²) in [5.74, 6) is -1.02. The zero-order chi connectivity index (χ0) is 11.0. The summed E-state index contributed by atoms with van der Waals surface area (Å²) in [5, 5.41) is 0.679. The van der Waals surface area contributed by atoms with E-state index >= 15 is 0 Å². The van der Waals surface area contributed by atoms with E-state index in [9.17, 15) is 9.59 Å². The lowest BCUT2D eigenvalue weighted by molar-refractivity contribution is -0.0645. The van der Waals surface area contributed by atoms with Gasteiger partial charge in [0.15, 0.2) is 5.69 Å². The van der Waals surface area contributed by atoms with E-state index in [1.165, 1.54) is 25.3 Å². The molecule has 5 heteroatoms. The average Bonchev–Trinajstić information content (AvgIpc) is 2.51. The van der Waals surface area contributed by atoms with E-state index < -0.39 is 11.8 Å². The first-order chi connectivity index (χ1) is 7.19. The fourth-order valence-corrected chi connectivity index (χ4v) is 1.44. The Labute approximate surface area is 85.6 Å². The van der Waals surface area contributed by atoms with Crippen LogP contribution in [0.1, 0.15) is 20.7 Å². The number of fused-ring (bicyclic) bond motifs is 1. The molecule has 1 aliphatic heterocycles. The summed E-state index contributed by atoms with van der Waals surface area (Å²) in [4.78, 5) is 31.0. The van der Waals surface area contributed by atoms with Crippen molar-refractivity contribution in [1.29, 1.82) is 0 Å². The minimum absolute atomic E-state index is 0.218. The molecule has 0 bridgehead atoms. The molecule has 1 aromatic carbocycles. The van der Waals surface area contributed by atoms with Crippen molar-refractivity contribution in [3.63, 3.8) is 0 Å². The van der Waals surface area contributed by atoms with Crippen LogP contribution in [-0.2, 0) is 4.84 Å². The van der Waals surface area contributed by atoms with Gasteiger partial charge in [0, 0.05) is 5.56 Å². The summed E-state index contributed by atoms with van der Waals surface area (Å²) in [5.41, 5.74) is 0.817. The fourth-order valence-electron chi connectivity index (χ4n) is 1.44. The van der Waals surface area contributed by atoms with Crippen LogP contribution >= 0.6 is 0 Å². The summed E-state index contributed by atoms with van der Waals surface area (Å²) in [6.45, 7) is 6.80. The van der Waals surface area contributed by atoms with Crippen molar-refractivity contribution in [3.8, 4) is 0 Å². The Hall–Kier alpha value is -2.19. The second-order valence-electron chi connectivity index (χ2n) is 2.93. The molecule has 2 rings (SSSR count). The fraction of sp³-hybridized carbons (Fsp3) is 0.100. The number of hydrogen-bond acceptors (Lipinski definition) is 3. The number of nitrogens with zero attached hydrogens (tertiary/aromatic N) is 2. The molecule has 0 spiro atoms. The minimum Gasteiger partial charge on any atom is -0.266 e. The minimum atomic E-state index is -0.525. The third-order valence-corrected chi connectivity index (χ3v) is 2.14. The lowest BCUT2D eigenvalue weighted by Crippen LogP contribution is -2.28. The summed E-state index contributed by atoms with van der Waals surface area (Å²) < 4.78 is 0. The van der Waals surface area contributed by atoms with Gasteiger partial charge in [0.1, 0.15) is 0 Å². The van der Waals surface area contributed by atoms with Gasteiger partial charge in [-0.25, -0.2) is 4.85 Å². The number of carbonyl (C=O) groups is 2. The lowest BCUT2D eigenvalue weighted by Gasteiger charge is -2.07. The zero-order valence-electron chi connectivity index (χ0n) is 7.85. The van der Waals surface area contributed by atoms with Crippen LogP contribution in [0.3, 0.4) is 0 Å². The van der Waals surface area contributed by atoms with Crippen LogP contribution in [0.5, 0.6) is 0 Å². The maximum atomic E-state index is 11.6. The van der Waals surface area contributed by atoms with E-state index in [1.54, 1.807) is 0 Å². The Balaban J connectivity index is 2.59. The molecule has 0 atom stereocenters. The Kier molecular flexibility index (Phi) is 1.99. The molecular formula is C10H6N2O3. The molecule has 1 heterocycles. The van der Waals surface area contributed by atoms with Gasteiger partial charge < -0.3 is 0 Å². The maximum absolute atomic E-state index is 11.6. The Morgan fingerprint density at radius 2 is 1.93 bits per heavy atom. The first-order valence-corrected chi connectivity index (χ1v) is 4.13. The number of amides is 2. The predicted octanol–water partition coefficient (Wildman–Crippen LogP) is 1.39. The third kappa shape index (κ3) is 1.20. The normalized spacial score (nSPS) is 14.0. The molecular weight excluding hydrogens is 196 g/mol. The van der Waals surface area contributed by atoms with E-state index in [0.717, 1.165) is 0 Å². The van der Waals surface area contributed by atoms with E-state index in [2.05, 4.69) is 9.68 Å². The highest BCUT2D eigenvalue weighted by molar-refractivity contribution is 6.20. The largest absolute Gasteiger partial charge is 0.285 e. The smallest absolute Gasteiger partial charge is 0.266 e. The van der Waals surface area contributed by atoms with Crippen LogP contribution in [-0.4, -0.2) is 24.0 Å². The second kappa shape index (κ2) is 3.19. The van der Waals surface area contributed by atoms with Crippen molar-refractivity contribution in [2.75, 3.05) is 7.11 Å². The molecule has 15 heavy (non-hydrogen) atoms. The van der Waals surface area contributed by atoms with Crippen LogP contribution in [0.2, 0.25) is 0 Å². The highest BCUT2D eigenvalue weighted by Crippen LogP contribution is 2.26. The van der Waals surface area contributed by atoms with Gasteiger partial charge in [-0.15, -0.1) is 5.06 Å². The second-order valence-corrected chi connectivity index (χ2v) is 2.93. The van der Waals surface area contributed by atoms with Gasteiger partial charge in [0.2, 0.25) is 0 Å². The lowest BCUT2D eigenvalue weighted by atomic mass is 10.1. The number of carbonyl (C=O) groups excluding carboxylic acids is 2.